The van der Waals surface area contributed by atoms with E-state index in [1.165, 1.54) is 30.3 Å². The SMILES string of the molecule is COc1ccc([N+](=O)[O-])cc1NC(=O)C[C@@H]1SC(=Nc2cccc(C)c2C)N(/N=C(/C)c2ccc(C)cc2)C1=O. The Morgan fingerprint density at radius 3 is 2.52 bits per heavy atom. The van der Waals surface area contributed by atoms with Gasteiger partial charge >= 0.3 is 0 Å². The van der Waals surface area contributed by atoms with Crippen molar-refractivity contribution in [3.8, 4) is 5.75 Å². The molecular weight excluding hydrogens is 530 g/mol. The van der Waals surface area contributed by atoms with Gasteiger partial charge in [-0.05, 0) is 56.5 Å². The second kappa shape index (κ2) is 12.1. The van der Waals surface area contributed by atoms with Crippen LogP contribution in [0.4, 0.5) is 17.1 Å². The fourth-order valence-corrected chi connectivity index (χ4v) is 5.06. The molecule has 1 fully saturated rings. The predicted molar refractivity (Wildman–Crippen MR) is 158 cm³/mol. The Labute approximate surface area is 236 Å². The lowest BCUT2D eigenvalue weighted by atomic mass is 10.1. The molecule has 0 radical (unpaired) electrons. The van der Waals surface area contributed by atoms with Crippen LogP contribution in [0.1, 0.15) is 35.6 Å². The molecule has 206 valence electrons. The van der Waals surface area contributed by atoms with Crippen LogP contribution < -0.4 is 10.1 Å². The molecule has 11 heteroatoms. The number of aliphatic imine (C=N–C) groups is 1. The Balaban J connectivity index is 1.63. The molecular formula is C29H29N5O5S. The number of hydrazone groups is 1. The molecule has 4 rings (SSSR count). The highest BCUT2D eigenvalue weighted by atomic mass is 32.2. The molecule has 3 aromatic rings. The van der Waals surface area contributed by atoms with E-state index in [1.54, 1.807) is 0 Å². The molecule has 1 saturated heterocycles. The zero-order valence-corrected chi connectivity index (χ0v) is 23.6. The summed E-state index contributed by atoms with van der Waals surface area (Å²) in [4.78, 5) is 42.0. The van der Waals surface area contributed by atoms with Gasteiger partial charge < -0.3 is 10.1 Å². The van der Waals surface area contributed by atoms with Gasteiger partial charge in [0.2, 0.25) is 5.91 Å². The van der Waals surface area contributed by atoms with Crippen LogP contribution in [0.3, 0.4) is 0 Å². The van der Waals surface area contributed by atoms with Crippen LogP contribution in [-0.2, 0) is 9.59 Å². The molecule has 0 unspecified atom stereocenters. The van der Waals surface area contributed by atoms with Crippen molar-refractivity contribution in [2.75, 3.05) is 12.4 Å². The molecule has 1 atom stereocenters. The smallest absolute Gasteiger partial charge is 0.271 e. The van der Waals surface area contributed by atoms with Gasteiger partial charge in [0.15, 0.2) is 5.17 Å². The van der Waals surface area contributed by atoms with Crippen LogP contribution in [0, 0.1) is 30.9 Å². The number of benzene rings is 3. The number of aryl methyl sites for hydroxylation is 2. The van der Waals surface area contributed by atoms with Crippen molar-refractivity contribution in [3.05, 3.63) is 93.0 Å². The number of carbonyl (C=O) groups is 2. The number of rotatable bonds is 8. The summed E-state index contributed by atoms with van der Waals surface area (Å²) in [6.07, 6.45) is -0.198. The Bertz CT molecular complexity index is 1530. The summed E-state index contributed by atoms with van der Waals surface area (Å²) < 4.78 is 5.23. The van der Waals surface area contributed by atoms with Crippen molar-refractivity contribution in [1.82, 2.24) is 5.01 Å². The standard InChI is InChI=1S/C29H29N5O5S/c1-17-9-11-21(12-10-17)20(4)32-33-28(36)26(40-29(33)31-23-8-6-7-18(2)19(23)3)16-27(35)30-24-15-22(34(37)38)13-14-25(24)39-5/h6-15,26H,16H2,1-5H3,(H,30,35)/b31-29?,32-20-/t26-/m0/s1. The quantitative estimate of drug-likeness (QED) is 0.208. The number of hydrogen-bond acceptors (Lipinski definition) is 8. The second-order valence-electron chi connectivity index (χ2n) is 9.32. The Hall–Kier alpha value is -4.51. The van der Waals surface area contributed by atoms with Gasteiger partial charge in [-0.2, -0.15) is 10.1 Å². The molecule has 0 aliphatic carbocycles. The molecule has 0 aromatic heterocycles. The zero-order chi connectivity index (χ0) is 29.0. The van der Waals surface area contributed by atoms with Crippen LogP contribution in [0.5, 0.6) is 5.75 Å². The third-order valence-electron chi connectivity index (χ3n) is 6.46. The molecule has 1 N–H and O–H groups in total. The summed E-state index contributed by atoms with van der Waals surface area (Å²) >= 11 is 1.15. The summed E-state index contributed by atoms with van der Waals surface area (Å²) in [7, 11) is 1.40. The maximum atomic E-state index is 13.6. The van der Waals surface area contributed by atoms with Gasteiger partial charge in [-0.15, -0.1) is 0 Å². The first-order valence-corrected chi connectivity index (χ1v) is 13.4. The predicted octanol–water partition coefficient (Wildman–Crippen LogP) is 5.91. The number of carbonyl (C=O) groups excluding carboxylic acids is 2. The van der Waals surface area contributed by atoms with E-state index in [1.807, 2.05) is 70.2 Å². The normalized spacial score (nSPS) is 16.4. The number of anilines is 1. The lowest BCUT2D eigenvalue weighted by Crippen LogP contribution is -2.30. The third-order valence-corrected chi connectivity index (χ3v) is 7.59. The maximum absolute atomic E-state index is 13.6. The summed E-state index contributed by atoms with van der Waals surface area (Å²) in [6, 6.07) is 17.4. The number of amides is 2. The van der Waals surface area contributed by atoms with Crippen LogP contribution in [0.2, 0.25) is 0 Å². The molecule has 1 heterocycles. The highest BCUT2D eigenvalue weighted by Gasteiger charge is 2.40. The van der Waals surface area contributed by atoms with Gasteiger partial charge in [-0.3, -0.25) is 19.7 Å². The van der Waals surface area contributed by atoms with Crippen molar-refractivity contribution in [2.24, 2.45) is 10.1 Å². The van der Waals surface area contributed by atoms with Crippen LogP contribution in [0.15, 0.2) is 70.8 Å². The topological polar surface area (TPSA) is 126 Å². The average Bonchev–Trinajstić information content (AvgIpc) is 3.20. The number of nitro benzene ring substituents is 1. The van der Waals surface area contributed by atoms with Crippen molar-refractivity contribution >= 4 is 51.5 Å². The number of ether oxygens (including phenoxy) is 1. The monoisotopic (exact) mass is 559 g/mol. The molecule has 3 aromatic carbocycles. The van der Waals surface area contributed by atoms with Crippen molar-refractivity contribution in [3.63, 3.8) is 0 Å². The van der Waals surface area contributed by atoms with E-state index in [2.05, 4.69) is 10.4 Å². The fourth-order valence-electron chi connectivity index (χ4n) is 3.99. The zero-order valence-electron chi connectivity index (χ0n) is 22.8. The number of thioether (sulfide) groups is 1. The molecule has 40 heavy (non-hydrogen) atoms. The van der Waals surface area contributed by atoms with Crippen molar-refractivity contribution < 1.29 is 19.2 Å². The number of methoxy groups -OCH3 is 1. The van der Waals surface area contributed by atoms with Gasteiger partial charge in [0.05, 0.1) is 29.1 Å². The molecule has 10 nitrogen and oxygen atoms in total. The van der Waals surface area contributed by atoms with E-state index in [-0.39, 0.29) is 29.5 Å². The third kappa shape index (κ3) is 6.37. The molecule has 1 aliphatic rings. The maximum Gasteiger partial charge on any atom is 0.271 e. The Morgan fingerprint density at radius 1 is 1.12 bits per heavy atom. The summed E-state index contributed by atoms with van der Waals surface area (Å²) in [5, 5.41) is 19.3. The van der Waals surface area contributed by atoms with Crippen molar-refractivity contribution in [2.45, 2.75) is 39.4 Å². The van der Waals surface area contributed by atoms with Gasteiger partial charge in [-0.1, -0.05) is 53.7 Å². The molecule has 2 amide bonds. The number of amidine groups is 1. The highest BCUT2D eigenvalue weighted by molar-refractivity contribution is 8.15. The minimum absolute atomic E-state index is 0.145. The second-order valence-corrected chi connectivity index (χ2v) is 10.5. The van der Waals surface area contributed by atoms with Crippen LogP contribution >= 0.6 is 11.8 Å². The number of hydrogen-bond donors (Lipinski definition) is 1. The minimum Gasteiger partial charge on any atom is -0.495 e. The van der Waals surface area contributed by atoms with Gasteiger partial charge in [0.25, 0.3) is 11.6 Å². The van der Waals surface area contributed by atoms with Crippen LogP contribution in [-0.4, -0.2) is 45.0 Å². The molecule has 0 bridgehead atoms. The lowest BCUT2D eigenvalue weighted by molar-refractivity contribution is -0.384. The minimum atomic E-state index is -0.803. The van der Waals surface area contributed by atoms with E-state index < -0.39 is 16.1 Å². The van der Waals surface area contributed by atoms with Gasteiger partial charge in [0, 0.05) is 18.6 Å². The fraction of sp³-hybridized carbons (Fsp3) is 0.241. The van der Waals surface area contributed by atoms with Crippen molar-refractivity contribution in [1.29, 1.82) is 0 Å². The summed E-state index contributed by atoms with van der Waals surface area (Å²) in [5.74, 6) is -0.625. The molecule has 1 aliphatic heterocycles. The lowest BCUT2D eigenvalue weighted by Gasteiger charge is -2.13. The van der Waals surface area contributed by atoms with E-state index in [9.17, 15) is 19.7 Å². The van der Waals surface area contributed by atoms with E-state index >= 15 is 0 Å². The first kappa shape index (κ1) is 28.5. The first-order valence-electron chi connectivity index (χ1n) is 12.5. The summed E-state index contributed by atoms with van der Waals surface area (Å²) in [5.41, 5.74) is 5.26. The van der Waals surface area contributed by atoms with E-state index in [0.717, 1.165) is 34.0 Å². The summed E-state index contributed by atoms with van der Waals surface area (Å²) in [6.45, 7) is 7.74. The largest absolute Gasteiger partial charge is 0.495 e. The molecule has 0 saturated carbocycles. The molecule has 0 spiro atoms. The van der Waals surface area contributed by atoms with E-state index in [0.29, 0.717) is 16.6 Å². The Kier molecular flexibility index (Phi) is 8.64. The van der Waals surface area contributed by atoms with E-state index in [4.69, 9.17) is 9.73 Å². The number of nitrogens with one attached hydrogen (secondary N) is 1. The van der Waals surface area contributed by atoms with Gasteiger partial charge in [0.1, 0.15) is 11.0 Å². The number of nitro groups is 1. The van der Waals surface area contributed by atoms with Gasteiger partial charge in [-0.25, -0.2) is 4.99 Å². The first-order chi connectivity index (χ1) is 19.1. The highest BCUT2D eigenvalue weighted by Crippen LogP contribution is 2.35. The Morgan fingerprint density at radius 2 is 1.85 bits per heavy atom. The number of nitrogens with zero attached hydrogens (tertiary/aromatic N) is 4. The van der Waals surface area contributed by atoms with Crippen LogP contribution in [0.25, 0.3) is 0 Å². The number of non-ortho nitro benzene ring substituents is 1. The average molecular weight is 560 g/mol.